The summed E-state index contributed by atoms with van der Waals surface area (Å²) < 4.78 is 2.10. The molecule has 0 atom stereocenters. The fourth-order valence-electron chi connectivity index (χ4n) is 3.94. The molecule has 1 aromatic heterocycles. The number of nitrogens with two attached hydrogens (primary N) is 1. The number of nitro groups is 1. The predicted octanol–water partition coefficient (Wildman–Crippen LogP) is 3.61. The van der Waals surface area contributed by atoms with E-state index in [1.165, 1.54) is 43.2 Å². The first-order valence-corrected chi connectivity index (χ1v) is 11.9. The molecule has 1 saturated heterocycles. The van der Waals surface area contributed by atoms with Crippen LogP contribution < -0.4 is 5.73 Å². The van der Waals surface area contributed by atoms with Crippen molar-refractivity contribution < 1.29 is 9.72 Å². The van der Waals surface area contributed by atoms with E-state index in [9.17, 15) is 14.9 Å². The maximum atomic E-state index is 11.5. The van der Waals surface area contributed by atoms with Crippen molar-refractivity contribution in [1.29, 1.82) is 0 Å². The number of nitro benzene ring substituents is 1. The number of rotatable bonds is 9. The van der Waals surface area contributed by atoms with Gasteiger partial charge in [0.25, 0.3) is 5.69 Å². The molecule has 0 saturated carbocycles. The van der Waals surface area contributed by atoms with Gasteiger partial charge in [0.15, 0.2) is 5.16 Å². The summed E-state index contributed by atoms with van der Waals surface area (Å²) in [5.74, 6) is 0.524. The average Bonchev–Trinajstić information content (AvgIpc) is 3.19. The molecule has 0 radical (unpaired) electrons. The molecule has 172 valence electrons. The van der Waals surface area contributed by atoms with Crippen molar-refractivity contribution >= 4 is 23.4 Å². The minimum absolute atomic E-state index is 0.117. The lowest BCUT2D eigenvalue weighted by molar-refractivity contribution is -0.385. The van der Waals surface area contributed by atoms with E-state index in [1.807, 2.05) is 18.2 Å². The molecule has 33 heavy (non-hydrogen) atoms. The van der Waals surface area contributed by atoms with Gasteiger partial charge in [-0.3, -0.25) is 19.8 Å². The van der Waals surface area contributed by atoms with Gasteiger partial charge in [-0.15, -0.1) is 10.2 Å². The Kier molecular flexibility index (Phi) is 7.36. The Bertz CT molecular complexity index is 1130. The Labute approximate surface area is 196 Å². The van der Waals surface area contributed by atoms with Crippen LogP contribution in [0.25, 0.3) is 0 Å². The van der Waals surface area contributed by atoms with Gasteiger partial charge in [0.2, 0.25) is 5.91 Å². The zero-order valence-electron chi connectivity index (χ0n) is 18.2. The van der Waals surface area contributed by atoms with Crippen molar-refractivity contribution in [3.63, 3.8) is 0 Å². The molecule has 9 nitrogen and oxygen atoms in total. The van der Waals surface area contributed by atoms with Gasteiger partial charge >= 0.3 is 0 Å². The molecule has 10 heteroatoms. The molecule has 2 heterocycles. The second kappa shape index (κ2) is 10.6. The van der Waals surface area contributed by atoms with Crippen LogP contribution in [0.5, 0.6) is 0 Å². The summed E-state index contributed by atoms with van der Waals surface area (Å²) in [5.41, 5.74) is 6.91. The summed E-state index contributed by atoms with van der Waals surface area (Å²) in [4.78, 5) is 24.9. The first-order chi connectivity index (χ1) is 16.0. The van der Waals surface area contributed by atoms with Crippen molar-refractivity contribution in [2.24, 2.45) is 5.73 Å². The highest BCUT2D eigenvalue weighted by Crippen LogP contribution is 2.29. The highest BCUT2D eigenvalue weighted by atomic mass is 32.2. The highest BCUT2D eigenvalue weighted by Gasteiger charge is 2.21. The predicted molar refractivity (Wildman–Crippen MR) is 126 cm³/mol. The van der Waals surface area contributed by atoms with Crippen LogP contribution in [-0.2, 0) is 18.8 Å². The second-order valence-electron chi connectivity index (χ2n) is 8.06. The third kappa shape index (κ3) is 5.77. The number of thioether (sulfide) groups is 1. The van der Waals surface area contributed by atoms with Gasteiger partial charge in [-0.25, -0.2) is 0 Å². The molecule has 0 aliphatic carbocycles. The Hall–Kier alpha value is -3.24. The quantitative estimate of drug-likeness (QED) is 0.290. The SMILES string of the molecule is NC(=O)c1ccc(CSc2nnc(CN3CCCCC3)n2Cc2ccccc2)c([N+](=O)[O-])c1. The van der Waals surface area contributed by atoms with Crippen LogP contribution >= 0.6 is 11.8 Å². The van der Waals surface area contributed by atoms with E-state index in [1.54, 1.807) is 6.07 Å². The summed E-state index contributed by atoms with van der Waals surface area (Å²) in [5, 5.41) is 21.1. The topological polar surface area (TPSA) is 120 Å². The zero-order valence-corrected chi connectivity index (χ0v) is 19.0. The zero-order chi connectivity index (χ0) is 23.2. The van der Waals surface area contributed by atoms with Crippen LogP contribution in [0.15, 0.2) is 53.7 Å². The molecule has 0 bridgehead atoms. The summed E-state index contributed by atoms with van der Waals surface area (Å²) in [6.45, 7) is 3.47. The summed E-state index contributed by atoms with van der Waals surface area (Å²) >= 11 is 1.40. The first-order valence-electron chi connectivity index (χ1n) is 10.9. The monoisotopic (exact) mass is 466 g/mol. The highest BCUT2D eigenvalue weighted by molar-refractivity contribution is 7.98. The van der Waals surface area contributed by atoms with Crippen molar-refractivity contribution in [3.8, 4) is 0 Å². The largest absolute Gasteiger partial charge is 0.366 e. The molecule has 0 unspecified atom stereocenters. The first kappa shape index (κ1) is 22.9. The van der Waals surface area contributed by atoms with E-state index in [2.05, 4.69) is 31.8 Å². The third-order valence-electron chi connectivity index (χ3n) is 5.71. The van der Waals surface area contributed by atoms with Crippen molar-refractivity contribution in [2.75, 3.05) is 13.1 Å². The fraction of sp³-hybridized carbons (Fsp3) is 0.348. The van der Waals surface area contributed by atoms with Crippen LogP contribution in [0, 0.1) is 10.1 Å². The maximum absolute atomic E-state index is 11.5. The minimum atomic E-state index is -0.692. The number of hydrogen-bond acceptors (Lipinski definition) is 7. The van der Waals surface area contributed by atoms with E-state index in [-0.39, 0.29) is 11.3 Å². The summed E-state index contributed by atoms with van der Waals surface area (Å²) in [6, 6.07) is 14.4. The van der Waals surface area contributed by atoms with E-state index in [0.717, 1.165) is 31.0 Å². The lowest BCUT2D eigenvalue weighted by Gasteiger charge is -2.26. The molecular weight excluding hydrogens is 440 g/mol. The standard InChI is InChI=1S/C23H26N6O3S/c24-22(30)18-9-10-19(20(13-18)29(31)32)16-33-23-26-25-21(15-27-11-5-2-6-12-27)28(23)14-17-7-3-1-4-8-17/h1,3-4,7-10,13H,2,5-6,11-12,14-16H2,(H2,24,30). The van der Waals surface area contributed by atoms with Crippen molar-refractivity contribution in [1.82, 2.24) is 19.7 Å². The van der Waals surface area contributed by atoms with Gasteiger partial charge in [0, 0.05) is 22.9 Å². The van der Waals surface area contributed by atoms with E-state index in [0.29, 0.717) is 23.0 Å². The Balaban J connectivity index is 1.58. The summed E-state index contributed by atoms with van der Waals surface area (Å²) in [6.07, 6.45) is 3.65. The van der Waals surface area contributed by atoms with Crippen molar-refractivity contribution in [2.45, 2.75) is 43.3 Å². The van der Waals surface area contributed by atoms with Gasteiger partial charge < -0.3 is 10.3 Å². The number of likely N-dealkylation sites (tertiary alicyclic amines) is 1. The van der Waals surface area contributed by atoms with Gasteiger partial charge in [-0.05, 0) is 37.6 Å². The van der Waals surface area contributed by atoms with Crippen LogP contribution in [0.1, 0.15) is 46.6 Å². The average molecular weight is 467 g/mol. The number of nitrogens with zero attached hydrogens (tertiary/aromatic N) is 5. The van der Waals surface area contributed by atoms with Gasteiger partial charge in [-0.2, -0.15) is 0 Å². The maximum Gasteiger partial charge on any atom is 0.274 e. The molecule has 1 fully saturated rings. The van der Waals surface area contributed by atoms with Crippen LogP contribution in [0.3, 0.4) is 0 Å². The molecule has 2 N–H and O–H groups in total. The Morgan fingerprint density at radius 2 is 1.82 bits per heavy atom. The molecule has 1 aliphatic rings. The van der Waals surface area contributed by atoms with Gasteiger partial charge in [-0.1, -0.05) is 54.6 Å². The normalized spacial score (nSPS) is 14.3. The number of aromatic nitrogens is 3. The number of primary amides is 1. The Morgan fingerprint density at radius 3 is 2.52 bits per heavy atom. The molecule has 1 amide bonds. The molecule has 3 aromatic rings. The third-order valence-corrected chi connectivity index (χ3v) is 6.73. The molecule has 0 spiro atoms. The summed E-state index contributed by atoms with van der Waals surface area (Å²) in [7, 11) is 0. The second-order valence-corrected chi connectivity index (χ2v) is 9.00. The van der Waals surface area contributed by atoms with Gasteiger partial charge in [0.1, 0.15) is 5.82 Å². The minimum Gasteiger partial charge on any atom is -0.366 e. The molecule has 2 aromatic carbocycles. The van der Waals surface area contributed by atoms with E-state index >= 15 is 0 Å². The number of carbonyl (C=O) groups is 1. The number of benzene rings is 2. The lowest BCUT2D eigenvalue weighted by Crippen LogP contribution is -2.30. The molecule has 4 rings (SSSR count). The number of amides is 1. The van der Waals surface area contributed by atoms with E-state index < -0.39 is 10.8 Å². The van der Waals surface area contributed by atoms with Crippen LogP contribution in [-0.4, -0.2) is 43.6 Å². The van der Waals surface area contributed by atoms with Crippen molar-refractivity contribution in [3.05, 3.63) is 81.2 Å². The van der Waals surface area contributed by atoms with E-state index in [4.69, 9.17) is 5.73 Å². The smallest absolute Gasteiger partial charge is 0.274 e. The van der Waals surface area contributed by atoms with Gasteiger partial charge in [0.05, 0.1) is 18.0 Å². The number of carbonyl (C=O) groups excluding carboxylic acids is 1. The van der Waals surface area contributed by atoms with Crippen LogP contribution in [0.4, 0.5) is 5.69 Å². The fourth-order valence-corrected chi connectivity index (χ4v) is 4.89. The molecular formula is C23H26N6O3S. The Morgan fingerprint density at radius 1 is 1.06 bits per heavy atom. The number of piperidine rings is 1. The number of hydrogen-bond donors (Lipinski definition) is 1. The van der Waals surface area contributed by atoms with Crippen LogP contribution in [0.2, 0.25) is 0 Å². The molecule has 1 aliphatic heterocycles. The lowest BCUT2D eigenvalue weighted by atomic mass is 10.1.